The number of nitrogens with zero attached hydrogens (tertiary/aromatic N) is 1. The predicted molar refractivity (Wildman–Crippen MR) is 118 cm³/mol. The summed E-state index contributed by atoms with van der Waals surface area (Å²) in [5, 5.41) is 0. The molecule has 0 aromatic carbocycles. The van der Waals surface area contributed by atoms with Crippen molar-refractivity contribution in [3.8, 4) is 0 Å². The highest BCUT2D eigenvalue weighted by Crippen LogP contribution is 2.36. The van der Waals surface area contributed by atoms with Crippen molar-refractivity contribution < 1.29 is 0 Å². The van der Waals surface area contributed by atoms with Gasteiger partial charge in [-0.2, -0.15) is 0 Å². The molecule has 0 bridgehead atoms. The van der Waals surface area contributed by atoms with Crippen LogP contribution in [0.1, 0.15) is 77.3 Å². The summed E-state index contributed by atoms with van der Waals surface area (Å²) in [7, 11) is 0. The molecule has 1 heterocycles. The van der Waals surface area contributed by atoms with Crippen molar-refractivity contribution in [3.63, 3.8) is 0 Å². The van der Waals surface area contributed by atoms with E-state index in [0.29, 0.717) is 11.3 Å². The number of nitrogens with two attached hydrogens (primary N) is 1. The van der Waals surface area contributed by atoms with Crippen molar-refractivity contribution in [2.45, 2.75) is 66.8 Å². The second kappa shape index (κ2) is 8.62. The number of nitrogen functional groups attached to an aromatic ring is 1. The molecule has 1 aliphatic rings. The van der Waals surface area contributed by atoms with E-state index < -0.39 is 0 Å². The summed E-state index contributed by atoms with van der Waals surface area (Å²) in [6, 6.07) is 0. The van der Waals surface area contributed by atoms with Gasteiger partial charge in [0.15, 0.2) is 0 Å². The van der Waals surface area contributed by atoms with E-state index >= 15 is 0 Å². The van der Waals surface area contributed by atoms with Gasteiger partial charge in [0.05, 0.1) is 17.1 Å². The molecular formula is C24H36N2. The van der Waals surface area contributed by atoms with Crippen LogP contribution in [0.5, 0.6) is 0 Å². The first-order valence-corrected chi connectivity index (χ1v) is 9.92. The normalized spacial score (nSPS) is 16.1. The van der Waals surface area contributed by atoms with Gasteiger partial charge in [-0.25, -0.2) is 0 Å². The third-order valence-corrected chi connectivity index (χ3v) is 4.98. The lowest BCUT2D eigenvalue weighted by molar-refractivity contribution is 0.289. The van der Waals surface area contributed by atoms with Crippen LogP contribution < -0.4 is 5.73 Å². The fourth-order valence-electron chi connectivity index (χ4n) is 4.07. The lowest BCUT2D eigenvalue weighted by Crippen LogP contribution is -2.14. The van der Waals surface area contributed by atoms with Gasteiger partial charge in [-0.15, -0.1) is 0 Å². The fraction of sp³-hybridized carbons (Fsp3) is 0.500. The number of rotatable bonds is 7. The molecule has 0 saturated heterocycles. The van der Waals surface area contributed by atoms with E-state index in [2.05, 4.69) is 69.2 Å². The summed E-state index contributed by atoms with van der Waals surface area (Å²) in [6.07, 6.45) is 17.5. The van der Waals surface area contributed by atoms with E-state index in [0.717, 1.165) is 48.4 Å². The molecule has 0 spiro atoms. The molecule has 1 atom stereocenters. The van der Waals surface area contributed by atoms with Crippen molar-refractivity contribution in [1.82, 2.24) is 4.57 Å². The van der Waals surface area contributed by atoms with Gasteiger partial charge in [-0.1, -0.05) is 64.7 Å². The molecule has 2 nitrogen and oxygen atoms in total. The first kappa shape index (κ1) is 20.4. The minimum absolute atomic E-state index is 0.365. The van der Waals surface area contributed by atoms with Crippen molar-refractivity contribution in [1.29, 1.82) is 0 Å². The SMILES string of the molecule is C=Cc1c(/C=C\C)c(N)c(C2=CCCC=C2)n1CCC(C)CC(C)(C)C. The summed E-state index contributed by atoms with van der Waals surface area (Å²) in [5.74, 6) is 0.671. The molecule has 0 aliphatic heterocycles. The van der Waals surface area contributed by atoms with Crippen LogP contribution in [0.15, 0.2) is 30.9 Å². The molecule has 0 radical (unpaired) electrons. The van der Waals surface area contributed by atoms with Gasteiger partial charge in [-0.3, -0.25) is 0 Å². The third-order valence-electron chi connectivity index (χ3n) is 4.98. The Labute approximate surface area is 160 Å². The molecule has 2 heteroatoms. The first-order valence-electron chi connectivity index (χ1n) is 9.92. The Morgan fingerprint density at radius 1 is 1.31 bits per heavy atom. The zero-order valence-electron chi connectivity index (χ0n) is 17.3. The Balaban J connectivity index is 2.42. The van der Waals surface area contributed by atoms with Crippen molar-refractivity contribution in [2.24, 2.45) is 11.3 Å². The summed E-state index contributed by atoms with van der Waals surface area (Å²) in [6.45, 7) is 16.4. The zero-order chi connectivity index (χ0) is 19.3. The number of allylic oxidation sites excluding steroid dienone is 5. The first-order chi connectivity index (χ1) is 12.3. The molecule has 142 valence electrons. The number of anilines is 1. The van der Waals surface area contributed by atoms with Crippen LogP contribution in [-0.4, -0.2) is 4.57 Å². The topological polar surface area (TPSA) is 30.9 Å². The summed E-state index contributed by atoms with van der Waals surface area (Å²) < 4.78 is 2.39. The molecule has 1 aliphatic carbocycles. The van der Waals surface area contributed by atoms with Gasteiger partial charge in [0, 0.05) is 12.1 Å². The molecular weight excluding hydrogens is 316 g/mol. The molecule has 1 aromatic heterocycles. The second-order valence-corrected chi connectivity index (χ2v) is 8.71. The van der Waals surface area contributed by atoms with Gasteiger partial charge in [0.1, 0.15) is 0 Å². The minimum Gasteiger partial charge on any atom is -0.396 e. The van der Waals surface area contributed by atoms with Gasteiger partial charge >= 0.3 is 0 Å². The molecule has 0 fully saturated rings. The average molecular weight is 353 g/mol. The maximum Gasteiger partial charge on any atom is 0.0721 e. The van der Waals surface area contributed by atoms with Crippen molar-refractivity contribution in [3.05, 3.63) is 47.8 Å². The van der Waals surface area contributed by atoms with E-state index in [1.807, 2.05) is 13.0 Å². The van der Waals surface area contributed by atoms with Gasteiger partial charge in [0.2, 0.25) is 0 Å². The lowest BCUT2D eigenvalue weighted by atomic mass is 9.84. The average Bonchev–Trinajstić information content (AvgIpc) is 2.84. The second-order valence-electron chi connectivity index (χ2n) is 8.71. The highest BCUT2D eigenvalue weighted by atomic mass is 15.0. The van der Waals surface area contributed by atoms with Gasteiger partial charge in [0.25, 0.3) is 0 Å². The summed E-state index contributed by atoms with van der Waals surface area (Å²) in [4.78, 5) is 0. The molecule has 1 unspecified atom stereocenters. The van der Waals surface area contributed by atoms with Crippen LogP contribution >= 0.6 is 0 Å². The van der Waals surface area contributed by atoms with Crippen LogP contribution in [0.4, 0.5) is 5.69 Å². The lowest BCUT2D eigenvalue weighted by Gasteiger charge is -2.24. The largest absolute Gasteiger partial charge is 0.396 e. The highest BCUT2D eigenvalue weighted by Gasteiger charge is 2.21. The molecule has 2 rings (SSSR count). The smallest absolute Gasteiger partial charge is 0.0721 e. The molecule has 0 saturated carbocycles. The van der Waals surface area contributed by atoms with Crippen LogP contribution in [-0.2, 0) is 6.54 Å². The maximum atomic E-state index is 6.61. The van der Waals surface area contributed by atoms with Crippen molar-refractivity contribution in [2.75, 3.05) is 5.73 Å². The Hall–Kier alpha value is -1.96. The molecule has 2 N–H and O–H groups in total. The predicted octanol–water partition coefficient (Wildman–Crippen LogP) is 6.94. The Bertz CT molecular complexity index is 720. The Morgan fingerprint density at radius 3 is 2.58 bits per heavy atom. The van der Waals surface area contributed by atoms with Gasteiger partial charge < -0.3 is 10.3 Å². The van der Waals surface area contributed by atoms with E-state index in [1.165, 1.54) is 12.0 Å². The van der Waals surface area contributed by atoms with E-state index in [4.69, 9.17) is 5.73 Å². The number of hydrogen-bond acceptors (Lipinski definition) is 1. The van der Waals surface area contributed by atoms with Crippen LogP contribution in [0, 0.1) is 11.3 Å². The summed E-state index contributed by atoms with van der Waals surface area (Å²) >= 11 is 0. The monoisotopic (exact) mass is 352 g/mol. The Kier molecular flexibility index (Phi) is 6.75. The van der Waals surface area contributed by atoms with Crippen LogP contribution in [0.3, 0.4) is 0 Å². The van der Waals surface area contributed by atoms with Crippen LogP contribution in [0.2, 0.25) is 0 Å². The molecule has 1 aromatic rings. The quantitative estimate of drug-likeness (QED) is 0.566. The summed E-state index contributed by atoms with van der Waals surface area (Å²) in [5.41, 5.74) is 12.5. The third kappa shape index (κ3) is 4.81. The van der Waals surface area contributed by atoms with E-state index in [-0.39, 0.29) is 0 Å². The van der Waals surface area contributed by atoms with E-state index in [1.54, 1.807) is 0 Å². The molecule has 0 amide bonds. The maximum absolute atomic E-state index is 6.61. The van der Waals surface area contributed by atoms with E-state index in [9.17, 15) is 0 Å². The standard InChI is InChI=1S/C24H36N2/c1-7-12-20-21(8-2)26(16-15-18(3)17-24(4,5)6)23(22(20)25)19-13-10-9-11-14-19/h7-8,10,12-14,18H,2,9,11,15-17,25H2,1,3-6H3/b12-7-. The minimum atomic E-state index is 0.365. The van der Waals surface area contributed by atoms with Crippen molar-refractivity contribution >= 4 is 23.4 Å². The van der Waals surface area contributed by atoms with Gasteiger partial charge in [-0.05, 0) is 55.6 Å². The number of hydrogen-bond donors (Lipinski definition) is 1. The Morgan fingerprint density at radius 2 is 2.04 bits per heavy atom. The van der Waals surface area contributed by atoms with Crippen LogP contribution in [0.25, 0.3) is 17.7 Å². The highest BCUT2D eigenvalue weighted by molar-refractivity contribution is 5.88. The number of aromatic nitrogens is 1. The molecule has 26 heavy (non-hydrogen) atoms. The zero-order valence-corrected chi connectivity index (χ0v) is 17.3. The fourth-order valence-corrected chi connectivity index (χ4v) is 4.07.